The van der Waals surface area contributed by atoms with Crippen molar-refractivity contribution in [1.82, 2.24) is 0 Å². The van der Waals surface area contributed by atoms with E-state index < -0.39 is 0 Å². The number of aliphatic hydroxyl groups is 1. The number of ether oxygens (including phenoxy) is 1. The highest BCUT2D eigenvalue weighted by Crippen LogP contribution is 2.69. The Hall–Kier alpha value is -0.860. The molecule has 4 aliphatic carbocycles. The zero-order chi connectivity index (χ0) is 22.6. The smallest absolute Gasteiger partial charge is 0.0851 e. The first-order valence-corrected chi connectivity index (χ1v) is 12.9. The van der Waals surface area contributed by atoms with Gasteiger partial charge in [0.05, 0.1) is 12.2 Å². The summed E-state index contributed by atoms with van der Waals surface area (Å²) in [6, 6.07) is 0. The molecule has 0 aliphatic heterocycles. The number of methoxy groups -OCH3 is 1. The van der Waals surface area contributed by atoms with Crippen LogP contribution in [0.1, 0.15) is 79.6 Å². The second-order valence-electron chi connectivity index (χ2n) is 12.1. The maximum absolute atomic E-state index is 10.3. The molecule has 4 fully saturated rings. The molecule has 0 aromatic heterocycles. The van der Waals surface area contributed by atoms with E-state index in [0.717, 1.165) is 24.3 Å². The summed E-state index contributed by atoms with van der Waals surface area (Å²) in [5.74, 6) is 4.03. The van der Waals surface area contributed by atoms with Gasteiger partial charge in [0, 0.05) is 12.5 Å². The Morgan fingerprint density at radius 1 is 1.16 bits per heavy atom. The summed E-state index contributed by atoms with van der Waals surface area (Å²) < 4.78 is 6.08. The van der Waals surface area contributed by atoms with E-state index in [-0.39, 0.29) is 17.6 Å². The minimum Gasteiger partial charge on any atom is -0.389 e. The fraction of sp³-hybridized carbons (Fsp3) is 0.793. The van der Waals surface area contributed by atoms with E-state index in [1.54, 1.807) is 5.57 Å². The molecule has 0 heterocycles. The van der Waals surface area contributed by atoms with Crippen LogP contribution in [0.2, 0.25) is 0 Å². The van der Waals surface area contributed by atoms with Crippen molar-refractivity contribution in [2.75, 3.05) is 7.11 Å². The van der Waals surface area contributed by atoms with Gasteiger partial charge < -0.3 is 9.84 Å². The lowest BCUT2D eigenvalue weighted by molar-refractivity contribution is 0.0797. The number of allylic oxidation sites excluding steroid dienone is 3. The summed E-state index contributed by atoms with van der Waals surface area (Å²) in [5, 5.41) is 10.3. The summed E-state index contributed by atoms with van der Waals surface area (Å²) in [6.45, 7) is 16.3. The van der Waals surface area contributed by atoms with Crippen LogP contribution in [0.25, 0.3) is 0 Å². The van der Waals surface area contributed by atoms with Gasteiger partial charge in [-0.15, -0.1) is 0 Å². The van der Waals surface area contributed by atoms with Crippen LogP contribution < -0.4 is 0 Å². The molecule has 0 radical (unpaired) electrons. The van der Waals surface area contributed by atoms with Crippen LogP contribution >= 0.6 is 0 Å². The molecule has 4 aliphatic rings. The van der Waals surface area contributed by atoms with Crippen LogP contribution in [-0.4, -0.2) is 24.4 Å². The first-order valence-electron chi connectivity index (χ1n) is 12.9. The summed E-state index contributed by atoms with van der Waals surface area (Å²) in [6.07, 6.45) is 15.8. The zero-order valence-corrected chi connectivity index (χ0v) is 20.9. The van der Waals surface area contributed by atoms with E-state index in [9.17, 15) is 5.11 Å². The fourth-order valence-corrected chi connectivity index (χ4v) is 7.76. The molecule has 5 unspecified atom stereocenters. The Morgan fingerprint density at radius 3 is 2.52 bits per heavy atom. The number of rotatable bonds is 7. The van der Waals surface area contributed by atoms with Gasteiger partial charge in [-0.3, -0.25) is 0 Å². The van der Waals surface area contributed by atoms with Crippen molar-refractivity contribution >= 4 is 0 Å². The van der Waals surface area contributed by atoms with Crippen LogP contribution in [0, 0.1) is 46.3 Å². The van der Waals surface area contributed by atoms with Crippen LogP contribution in [0.3, 0.4) is 0 Å². The van der Waals surface area contributed by atoms with Crippen LogP contribution in [0.5, 0.6) is 0 Å². The Balaban J connectivity index is 1.53. The third-order valence-electron chi connectivity index (χ3n) is 10.2. The highest BCUT2D eigenvalue weighted by atomic mass is 16.5. The molecule has 0 saturated heterocycles. The maximum Gasteiger partial charge on any atom is 0.0851 e. The van der Waals surface area contributed by atoms with E-state index in [2.05, 4.69) is 59.4 Å². The lowest BCUT2D eigenvalue weighted by Crippen LogP contribution is -2.36. The van der Waals surface area contributed by atoms with Crippen molar-refractivity contribution in [3.8, 4) is 0 Å². The first kappa shape index (κ1) is 23.3. The van der Waals surface area contributed by atoms with Crippen LogP contribution in [0.15, 0.2) is 36.0 Å². The molecular weight excluding hydrogens is 380 g/mol. The molecule has 0 aromatic carbocycles. The number of fused-ring (bicyclic) bond motifs is 2. The van der Waals surface area contributed by atoms with E-state index in [4.69, 9.17) is 4.74 Å². The molecule has 2 heteroatoms. The van der Waals surface area contributed by atoms with Crippen molar-refractivity contribution in [2.24, 2.45) is 46.3 Å². The molecule has 0 bridgehead atoms. The number of hydrogen-bond donors (Lipinski definition) is 1. The fourth-order valence-electron chi connectivity index (χ4n) is 7.76. The minimum absolute atomic E-state index is 0.00995. The molecule has 0 amide bonds. The van der Waals surface area contributed by atoms with Crippen molar-refractivity contribution < 1.29 is 9.84 Å². The van der Waals surface area contributed by atoms with E-state index >= 15 is 0 Å². The predicted octanol–water partition coefficient (Wildman–Crippen LogP) is 6.96. The van der Waals surface area contributed by atoms with E-state index in [0.29, 0.717) is 35.0 Å². The predicted molar refractivity (Wildman–Crippen MR) is 130 cm³/mol. The summed E-state index contributed by atoms with van der Waals surface area (Å²) >= 11 is 0. The van der Waals surface area contributed by atoms with Gasteiger partial charge in [0.2, 0.25) is 0 Å². The van der Waals surface area contributed by atoms with Crippen LogP contribution in [0.4, 0.5) is 0 Å². The second kappa shape index (κ2) is 8.49. The monoisotopic (exact) mass is 426 g/mol. The average molecular weight is 427 g/mol. The van der Waals surface area contributed by atoms with E-state index in [1.807, 2.05) is 7.11 Å². The van der Waals surface area contributed by atoms with Gasteiger partial charge in [-0.05, 0) is 91.4 Å². The van der Waals surface area contributed by atoms with Gasteiger partial charge in [-0.2, -0.15) is 0 Å². The van der Waals surface area contributed by atoms with Crippen molar-refractivity contribution in [3.63, 3.8) is 0 Å². The molecule has 4 rings (SSSR count). The minimum atomic E-state index is -0.330. The van der Waals surface area contributed by atoms with Gasteiger partial charge in [0.25, 0.3) is 0 Å². The van der Waals surface area contributed by atoms with Crippen LogP contribution in [-0.2, 0) is 4.74 Å². The third-order valence-corrected chi connectivity index (χ3v) is 10.2. The zero-order valence-electron chi connectivity index (χ0n) is 20.9. The normalized spacial score (nSPS) is 44.0. The Morgan fingerprint density at radius 2 is 1.90 bits per heavy atom. The molecule has 4 saturated carbocycles. The van der Waals surface area contributed by atoms with Gasteiger partial charge in [0.1, 0.15) is 0 Å². The lowest BCUT2D eigenvalue weighted by atomic mass is 9.61. The van der Waals surface area contributed by atoms with Crippen molar-refractivity contribution in [3.05, 3.63) is 36.0 Å². The van der Waals surface area contributed by atoms with Crippen molar-refractivity contribution in [1.29, 1.82) is 0 Å². The topological polar surface area (TPSA) is 29.5 Å². The molecule has 0 spiro atoms. The number of hydrogen-bond acceptors (Lipinski definition) is 2. The quantitative estimate of drug-likeness (QED) is 0.446. The highest BCUT2D eigenvalue weighted by Gasteiger charge is 2.66. The first-order chi connectivity index (χ1) is 14.6. The maximum atomic E-state index is 10.3. The Bertz CT molecular complexity index is 748. The third kappa shape index (κ3) is 3.80. The molecule has 174 valence electrons. The summed E-state index contributed by atoms with van der Waals surface area (Å²) in [5.41, 5.74) is 3.09. The summed E-state index contributed by atoms with van der Waals surface area (Å²) in [7, 11) is 1.85. The van der Waals surface area contributed by atoms with Crippen molar-refractivity contribution in [2.45, 2.75) is 91.8 Å². The van der Waals surface area contributed by atoms with Gasteiger partial charge in [0.15, 0.2) is 0 Å². The highest BCUT2D eigenvalue weighted by molar-refractivity contribution is 5.38. The van der Waals surface area contributed by atoms with Gasteiger partial charge in [-0.25, -0.2) is 0 Å². The molecule has 0 aromatic rings. The largest absolute Gasteiger partial charge is 0.389 e. The second-order valence-corrected chi connectivity index (χ2v) is 12.1. The Kier molecular flexibility index (Phi) is 6.38. The number of aliphatic hydroxyl groups excluding tert-OH is 1. The molecular formula is C29H46O2. The SMILES string of the molecule is C=C1C(O)CC2CC12C(/C=C1\CCC[C@@]2(C)C1CC[C@@H]2[C@H](C)/C=C/[C@H](C)C(C)C)OC. The van der Waals surface area contributed by atoms with Gasteiger partial charge >= 0.3 is 0 Å². The lowest BCUT2D eigenvalue weighted by Gasteiger charge is -2.44. The van der Waals surface area contributed by atoms with E-state index in [1.165, 1.54) is 32.1 Å². The molecule has 31 heavy (non-hydrogen) atoms. The average Bonchev–Trinajstić information content (AvgIpc) is 3.24. The molecule has 2 nitrogen and oxygen atoms in total. The standard InChI is InChI=1S/C29H46O2/c1-18(2)19(3)10-11-20(4)24-12-13-25-22(9-8-14-28(24,25)6)15-27(31-7)29-17-23(29)16-26(30)21(29)5/h10-11,15,18-20,23-27,30H,5,8-9,12-14,16-17H2,1-4,6-7H3/b11-10+,22-15+/t19-,20+,23?,24+,25?,26?,27?,28+,29?/m0/s1. The van der Waals surface area contributed by atoms with Gasteiger partial charge in [-0.1, -0.05) is 65.0 Å². The molecule has 9 atom stereocenters. The summed E-state index contributed by atoms with van der Waals surface area (Å²) in [4.78, 5) is 0. The molecule has 1 N–H and O–H groups in total. The Labute approximate surface area is 191 Å².